The number of amidine groups is 1. The van der Waals surface area contributed by atoms with Gasteiger partial charge in [0.2, 0.25) is 0 Å². The van der Waals surface area contributed by atoms with Crippen LogP contribution in [0, 0.1) is 0 Å². The quantitative estimate of drug-likeness (QED) is 0.382. The van der Waals surface area contributed by atoms with Crippen molar-refractivity contribution in [1.82, 2.24) is 15.1 Å². The van der Waals surface area contributed by atoms with Gasteiger partial charge in [-0.2, -0.15) is 0 Å². The maximum atomic E-state index is 11.6. The highest BCUT2D eigenvalue weighted by Gasteiger charge is 2.25. The van der Waals surface area contributed by atoms with Crippen molar-refractivity contribution in [3.05, 3.63) is 90.0 Å². The monoisotopic (exact) mass is 530 g/mol. The highest BCUT2D eigenvalue weighted by Crippen LogP contribution is 2.40. The molecular weight excluding hydrogens is 496 g/mol. The number of carboxylic acids is 1. The van der Waals surface area contributed by atoms with Gasteiger partial charge in [0, 0.05) is 54.6 Å². The predicted molar refractivity (Wildman–Crippen MR) is 152 cm³/mol. The third kappa shape index (κ3) is 6.82. The van der Waals surface area contributed by atoms with Crippen molar-refractivity contribution in [3.8, 4) is 0 Å². The number of rotatable bonds is 10. The molecule has 0 saturated carbocycles. The number of nitrogens with zero attached hydrogens (tertiary/aromatic N) is 3. The highest BCUT2D eigenvalue weighted by molar-refractivity contribution is 7.99. The van der Waals surface area contributed by atoms with E-state index in [9.17, 15) is 9.90 Å². The average molecular weight is 531 g/mol. The van der Waals surface area contributed by atoms with Crippen molar-refractivity contribution >= 4 is 29.3 Å². The molecule has 1 saturated heterocycles. The van der Waals surface area contributed by atoms with Gasteiger partial charge in [-0.3, -0.25) is 9.69 Å². The van der Waals surface area contributed by atoms with E-state index < -0.39 is 12.0 Å². The van der Waals surface area contributed by atoms with Crippen molar-refractivity contribution in [2.24, 2.45) is 4.99 Å². The maximum absolute atomic E-state index is 11.6. The molecule has 0 amide bonds. The summed E-state index contributed by atoms with van der Waals surface area (Å²) in [6, 6.07) is 26.0. The van der Waals surface area contributed by atoms with Crippen LogP contribution in [-0.2, 0) is 16.0 Å². The van der Waals surface area contributed by atoms with Crippen LogP contribution in [-0.4, -0.2) is 85.2 Å². The molecule has 2 N–H and O–H groups in total. The van der Waals surface area contributed by atoms with Crippen molar-refractivity contribution < 1.29 is 14.6 Å². The smallest absolute Gasteiger partial charge is 0.321 e. The van der Waals surface area contributed by atoms with E-state index in [0.717, 1.165) is 49.8 Å². The molecule has 0 bridgehead atoms. The van der Waals surface area contributed by atoms with Gasteiger partial charge in [0.05, 0.1) is 18.9 Å². The molecule has 7 nitrogen and oxygen atoms in total. The molecule has 198 valence electrons. The number of nitrogens with one attached hydrogen (secondary N) is 1. The summed E-state index contributed by atoms with van der Waals surface area (Å²) < 4.78 is 5.82. The standard InChI is InChI=1S/C30H34N4O3S/c35-30(36)26(22-23-8-2-1-3-9-23)31-14-20-37-21-19-33-15-17-34(18-16-33)29-24-10-4-6-12-27(24)38-28-13-7-5-11-25(28)32-29/h1-13,26,31H,14-22H2,(H,35,36)/t26-/m0/s1. The Bertz CT molecular complexity index is 1250. The van der Waals surface area contributed by atoms with Crippen LogP contribution in [0.1, 0.15) is 11.1 Å². The normalized spacial score (nSPS) is 16.2. The van der Waals surface area contributed by atoms with Crippen LogP contribution < -0.4 is 5.32 Å². The van der Waals surface area contributed by atoms with Crippen LogP contribution >= 0.6 is 11.8 Å². The first-order valence-electron chi connectivity index (χ1n) is 13.2. The number of aliphatic imine (C=N–C) groups is 1. The summed E-state index contributed by atoms with van der Waals surface area (Å²) in [4.78, 5) is 24.0. The van der Waals surface area contributed by atoms with Gasteiger partial charge in [0.15, 0.2) is 0 Å². The summed E-state index contributed by atoms with van der Waals surface area (Å²) in [5.41, 5.74) is 3.24. The largest absolute Gasteiger partial charge is 0.480 e. The Balaban J connectivity index is 1.06. The number of benzene rings is 3. The van der Waals surface area contributed by atoms with Gasteiger partial charge in [0.1, 0.15) is 11.9 Å². The minimum Gasteiger partial charge on any atom is -0.480 e. The van der Waals surface area contributed by atoms with Crippen LogP contribution in [0.25, 0.3) is 0 Å². The molecule has 2 aliphatic heterocycles. The Morgan fingerprint density at radius 2 is 1.63 bits per heavy atom. The maximum Gasteiger partial charge on any atom is 0.321 e. The molecule has 0 radical (unpaired) electrons. The van der Waals surface area contributed by atoms with Gasteiger partial charge >= 0.3 is 5.97 Å². The molecule has 3 aromatic carbocycles. The zero-order valence-electron chi connectivity index (χ0n) is 21.5. The second-order valence-electron chi connectivity index (χ2n) is 9.48. The number of fused-ring (bicyclic) bond motifs is 2. The average Bonchev–Trinajstić information content (AvgIpc) is 3.12. The fourth-order valence-electron chi connectivity index (χ4n) is 4.79. The predicted octanol–water partition coefficient (Wildman–Crippen LogP) is 4.15. The number of para-hydroxylation sites is 1. The molecular formula is C30H34N4O3S. The molecule has 2 heterocycles. The molecule has 0 spiro atoms. The lowest BCUT2D eigenvalue weighted by molar-refractivity contribution is -0.139. The number of piperazine rings is 1. The third-order valence-electron chi connectivity index (χ3n) is 6.88. The van der Waals surface area contributed by atoms with Gasteiger partial charge < -0.3 is 20.1 Å². The lowest BCUT2D eigenvalue weighted by Crippen LogP contribution is -2.49. The Morgan fingerprint density at radius 1 is 0.921 bits per heavy atom. The zero-order valence-corrected chi connectivity index (χ0v) is 22.3. The van der Waals surface area contributed by atoms with E-state index in [1.54, 1.807) is 11.8 Å². The van der Waals surface area contributed by atoms with E-state index in [0.29, 0.717) is 26.2 Å². The van der Waals surface area contributed by atoms with Gasteiger partial charge in [-0.25, -0.2) is 4.99 Å². The fraction of sp³-hybridized carbons (Fsp3) is 0.333. The first kappa shape index (κ1) is 26.4. The van der Waals surface area contributed by atoms with Crippen LogP contribution in [0.4, 0.5) is 5.69 Å². The third-order valence-corrected chi connectivity index (χ3v) is 8.02. The Hall–Kier alpha value is -3.17. The van der Waals surface area contributed by atoms with Crippen molar-refractivity contribution in [1.29, 1.82) is 0 Å². The molecule has 8 heteroatoms. The first-order valence-corrected chi connectivity index (χ1v) is 14.0. The van der Waals surface area contributed by atoms with Crippen molar-refractivity contribution in [2.75, 3.05) is 52.5 Å². The first-order chi connectivity index (χ1) is 18.7. The number of carboxylic acid groups (broad SMARTS) is 1. The summed E-state index contributed by atoms with van der Waals surface area (Å²) in [6.07, 6.45) is 0.459. The summed E-state index contributed by atoms with van der Waals surface area (Å²) in [5.74, 6) is 0.221. The van der Waals surface area contributed by atoms with Gasteiger partial charge in [-0.15, -0.1) is 0 Å². The van der Waals surface area contributed by atoms with Crippen LogP contribution in [0.15, 0.2) is 93.6 Å². The minimum absolute atomic E-state index is 0.459. The highest BCUT2D eigenvalue weighted by atomic mass is 32.2. The Kier molecular flexibility index (Phi) is 9.09. The lowest BCUT2D eigenvalue weighted by atomic mass is 10.1. The van der Waals surface area contributed by atoms with Gasteiger partial charge in [-0.05, 0) is 30.2 Å². The molecule has 5 rings (SSSR count). The van der Waals surface area contributed by atoms with Crippen molar-refractivity contribution in [3.63, 3.8) is 0 Å². The van der Waals surface area contributed by atoms with Crippen LogP contribution in [0.2, 0.25) is 0 Å². The summed E-state index contributed by atoms with van der Waals surface area (Å²) >= 11 is 1.79. The lowest BCUT2D eigenvalue weighted by Gasteiger charge is -2.36. The topological polar surface area (TPSA) is 77.4 Å². The van der Waals surface area contributed by atoms with E-state index in [1.165, 1.54) is 15.4 Å². The molecule has 3 aromatic rings. The molecule has 0 aliphatic carbocycles. The van der Waals surface area contributed by atoms with Crippen molar-refractivity contribution in [2.45, 2.75) is 22.3 Å². The van der Waals surface area contributed by atoms with E-state index >= 15 is 0 Å². The number of carbonyl (C=O) groups is 1. The minimum atomic E-state index is -0.838. The molecule has 1 fully saturated rings. The van der Waals surface area contributed by atoms with E-state index in [4.69, 9.17) is 9.73 Å². The van der Waals surface area contributed by atoms with E-state index in [2.05, 4.69) is 63.6 Å². The summed E-state index contributed by atoms with van der Waals surface area (Å²) in [6.45, 7) is 6.24. The molecule has 0 aromatic heterocycles. The summed E-state index contributed by atoms with van der Waals surface area (Å²) in [7, 11) is 0. The second-order valence-corrected chi connectivity index (χ2v) is 10.6. The van der Waals surface area contributed by atoms with Gasteiger partial charge in [0.25, 0.3) is 0 Å². The fourth-order valence-corrected chi connectivity index (χ4v) is 5.81. The number of hydrogen-bond donors (Lipinski definition) is 2. The number of aliphatic carboxylic acids is 1. The Labute approximate surface area is 228 Å². The van der Waals surface area contributed by atoms with Crippen LogP contribution in [0.3, 0.4) is 0 Å². The number of hydrogen-bond acceptors (Lipinski definition) is 7. The summed E-state index contributed by atoms with van der Waals surface area (Å²) in [5, 5.41) is 12.6. The van der Waals surface area contributed by atoms with E-state index in [1.807, 2.05) is 30.3 Å². The van der Waals surface area contributed by atoms with Crippen LogP contribution in [0.5, 0.6) is 0 Å². The Morgan fingerprint density at radius 3 is 2.42 bits per heavy atom. The SMILES string of the molecule is O=C(O)[C@H](Cc1ccccc1)NCCOCCN1CCN(C2=Nc3ccccc3Sc3ccccc32)CC1. The molecule has 1 atom stereocenters. The molecule has 2 aliphatic rings. The van der Waals surface area contributed by atoms with Gasteiger partial charge in [-0.1, -0.05) is 72.4 Å². The van der Waals surface area contributed by atoms with E-state index in [-0.39, 0.29) is 0 Å². The zero-order chi connectivity index (χ0) is 26.2. The molecule has 38 heavy (non-hydrogen) atoms. The molecule has 0 unspecified atom stereocenters. The second kappa shape index (κ2) is 13.1. The number of ether oxygens (including phenoxy) is 1.